The van der Waals surface area contributed by atoms with Crippen molar-refractivity contribution < 1.29 is 0 Å². The Morgan fingerprint density at radius 2 is 2.18 bits per heavy atom. The van der Waals surface area contributed by atoms with Crippen LogP contribution in [0.3, 0.4) is 0 Å². The lowest BCUT2D eigenvalue weighted by Crippen LogP contribution is -2.34. The Hall–Kier alpha value is -1.13. The Balaban J connectivity index is 2.13. The van der Waals surface area contributed by atoms with Gasteiger partial charge in [-0.05, 0) is 32.1 Å². The first-order valence-electron chi connectivity index (χ1n) is 6.19. The molecule has 1 aliphatic heterocycles. The van der Waals surface area contributed by atoms with Gasteiger partial charge in [0.05, 0.1) is 5.69 Å². The van der Waals surface area contributed by atoms with Crippen LogP contribution >= 0.6 is 0 Å². The summed E-state index contributed by atoms with van der Waals surface area (Å²) in [6.45, 7) is 4.94. The Morgan fingerprint density at radius 3 is 2.76 bits per heavy atom. The smallest absolute Gasteiger partial charge is 0.128 e. The van der Waals surface area contributed by atoms with E-state index < -0.39 is 0 Å². The lowest BCUT2D eigenvalue weighted by molar-refractivity contribution is 0.266. The normalized spacial score (nSPS) is 24.6. The highest BCUT2D eigenvalue weighted by molar-refractivity contribution is 5.41. The van der Waals surface area contributed by atoms with Gasteiger partial charge in [-0.15, -0.1) is 0 Å². The van der Waals surface area contributed by atoms with Crippen molar-refractivity contribution in [3.8, 4) is 0 Å². The zero-order valence-electron chi connectivity index (χ0n) is 10.9. The maximum absolute atomic E-state index is 5.63. The molecule has 17 heavy (non-hydrogen) atoms. The van der Waals surface area contributed by atoms with Gasteiger partial charge in [-0.1, -0.05) is 13.0 Å². The van der Waals surface area contributed by atoms with E-state index in [4.69, 9.17) is 5.73 Å². The van der Waals surface area contributed by atoms with Gasteiger partial charge >= 0.3 is 0 Å². The third-order valence-corrected chi connectivity index (χ3v) is 3.56. The van der Waals surface area contributed by atoms with E-state index in [0.29, 0.717) is 18.5 Å². The maximum atomic E-state index is 5.63. The monoisotopic (exact) mass is 234 g/mol. The van der Waals surface area contributed by atoms with Gasteiger partial charge in [0.25, 0.3) is 0 Å². The van der Waals surface area contributed by atoms with Gasteiger partial charge in [0, 0.05) is 25.7 Å². The summed E-state index contributed by atoms with van der Waals surface area (Å²) in [5.41, 5.74) is 6.59. The SMILES string of the molecule is CC1CN(c2cccc(CN)n2)CC1N(C)C. The number of anilines is 1. The van der Waals surface area contributed by atoms with Crippen molar-refractivity contribution in [2.24, 2.45) is 11.7 Å². The number of hydrogen-bond acceptors (Lipinski definition) is 4. The van der Waals surface area contributed by atoms with Gasteiger partial charge in [-0.2, -0.15) is 0 Å². The van der Waals surface area contributed by atoms with Crippen molar-refractivity contribution in [1.82, 2.24) is 9.88 Å². The summed E-state index contributed by atoms with van der Waals surface area (Å²) < 4.78 is 0. The number of hydrogen-bond donors (Lipinski definition) is 1. The van der Waals surface area contributed by atoms with E-state index in [1.807, 2.05) is 12.1 Å². The van der Waals surface area contributed by atoms with Gasteiger partial charge < -0.3 is 15.5 Å². The van der Waals surface area contributed by atoms with Crippen molar-refractivity contribution >= 4 is 5.82 Å². The lowest BCUT2D eigenvalue weighted by atomic mass is 10.1. The van der Waals surface area contributed by atoms with Crippen LogP contribution in [0.15, 0.2) is 18.2 Å². The van der Waals surface area contributed by atoms with Crippen LogP contribution in [-0.4, -0.2) is 43.1 Å². The second-order valence-corrected chi connectivity index (χ2v) is 5.10. The highest BCUT2D eigenvalue weighted by atomic mass is 15.3. The van der Waals surface area contributed by atoms with E-state index in [-0.39, 0.29) is 0 Å². The first-order chi connectivity index (χ1) is 8.11. The molecule has 94 valence electrons. The van der Waals surface area contributed by atoms with Gasteiger partial charge in [0.2, 0.25) is 0 Å². The molecule has 4 nitrogen and oxygen atoms in total. The molecular weight excluding hydrogens is 212 g/mol. The minimum atomic E-state index is 0.508. The lowest BCUT2D eigenvalue weighted by Gasteiger charge is -2.22. The summed E-state index contributed by atoms with van der Waals surface area (Å²) in [6.07, 6.45) is 0. The van der Waals surface area contributed by atoms with Crippen molar-refractivity contribution in [2.45, 2.75) is 19.5 Å². The van der Waals surface area contributed by atoms with Crippen LogP contribution in [0.2, 0.25) is 0 Å². The number of pyridine rings is 1. The third-order valence-electron chi connectivity index (χ3n) is 3.56. The van der Waals surface area contributed by atoms with E-state index in [1.165, 1.54) is 0 Å². The quantitative estimate of drug-likeness (QED) is 0.845. The van der Waals surface area contributed by atoms with Gasteiger partial charge in [0.1, 0.15) is 5.82 Å². The molecule has 1 aromatic heterocycles. The summed E-state index contributed by atoms with van der Waals surface area (Å²) >= 11 is 0. The second-order valence-electron chi connectivity index (χ2n) is 5.10. The first kappa shape index (κ1) is 12.3. The van der Waals surface area contributed by atoms with Crippen molar-refractivity contribution in [2.75, 3.05) is 32.1 Å². The van der Waals surface area contributed by atoms with Crippen LogP contribution in [-0.2, 0) is 6.54 Å². The van der Waals surface area contributed by atoms with Gasteiger partial charge in [0.15, 0.2) is 0 Å². The standard InChI is InChI=1S/C13H22N4/c1-10-8-17(9-12(10)16(2)3)13-6-4-5-11(7-14)15-13/h4-6,10,12H,7-9,14H2,1-3H3. The molecule has 0 amide bonds. The summed E-state index contributed by atoms with van der Waals surface area (Å²) in [4.78, 5) is 9.24. The topological polar surface area (TPSA) is 45.4 Å². The first-order valence-corrected chi connectivity index (χ1v) is 6.19. The maximum Gasteiger partial charge on any atom is 0.128 e. The number of rotatable bonds is 3. The van der Waals surface area contributed by atoms with Crippen molar-refractivity contribution in [3.05, 3.63) is 23.9 Å². The molecule has 0 saturated carbocycles. The minimum absolute atomic E-state index is 0.508. The van der Waals surface area contributed by atoms with E-state index in [2.05, 4.69) is 41.9 Å². The van der Waals surface area contributed by atoms with Crippen molar-refractivity contribution in [1.29, 1.82) is 0 Å². The Kier molecular flexibility index (Phi) is 3.64. The molecule has 2 rings (SSSR count). The summed E-state index contributed by atoms with van der Waals surface area (Å²) in [6, 6.07) is 6.70. The Labute approximate surface area is 103 Å². The fourth-order valence-corrected chi connectivity index (χ4v) is 2.57. The van der Waals surface area contributed by atoms with Gasteiger partial charge in [-0.3, -0.25) is 0 Å². The zero-order chi connectivity index (χ0) is 12.4. The van der Waals surface area contributed by atoms with Crippen LogP contribution in [0, 0.1) is 5.92 Å². The van der Waals surface area contributed by atoms with Gasteiger partial charge in [-0.25, -0.2) is 4.98 Å². The molecule has 1 saturated heterocycles. The zero-order valence-corrected chi connectivity index (χ0v) is 10.9. The van der Waals surface area contributed by atoms with Crippen LogP contribution in [0.1, 0.15) is 12.6 Å². The van der Waals surface area contributed by atoms with E-state index in [1.54, 1.807) is 0 Å². The number of likely N-dealkylation sites (N-methyl/N-ethyl adjacent to an activating group) is 1. The fraction of sp³-hybridized carbons (Fsp3) is 0.615. The summed E-state index contributed by atoms with van der Waals surface area (Å²) in [5, 5.41) is 0. The molecule has 0 aromatic carbocycles. The molecule has 2 atom stereocenters. The molecule has 2 heterocycles. The fourth-order valence-electron chi connectivity index (χ4n) is 2.57. The number of aromatic nitrogens is 1. The predicted octanol–water partition coefficient (Wildman–Crippen LogP) is 0.927. The summed E-state index contributed by atoms with van der Waals surface area (Å²) in [7, 11) is 4.29. The van der Waals surface area contributed by atoms with Crippen LogP contribution in [0.25, 0.3) is 0 Å². The van der Waals surface area contributed by atoms with E-state index >= 15 is 0 Å². The van der Waals surface area contributed by atoms with Crippen LogP contribution in [0.4, 0.5) is 5.82 Å². The molecule has 1 fully saturated rings. The van der Waals surface area contributed by atoms with Crippen molar-refractivity contribution in [3.63, 3.8) is 0 Å². The molecule has 2 unspecified atom stereocenters. The number of nitrogens with two attached hydrogens (primary N) is 1. The average molecular weight is 234 g/mol. The van der Waals surface area contributed by atoms with E-state index in [0.717, 1.165) is 24.6 Å². The predicted molar refractivity (Wildman–Crippen MR) is 71.0 cm³/mol. The Bertz CT molecular complexity index is 377. The highest BCUT2D eigenvalue weighted by Gasteiger charge is 2.31. The number of nitrogens with zero attached hydrogens (tertiary/aromatic N) is 3. The van der Waals surface area contributed by atoms with E-state index in [9.17, 15) is 0 Å². The highest BCUT2D eigenvalue weighted by Crippen LogP contribution is 2.24. The molecule has 0 aliphatic carbocycles. The molecule has 0 bridgehead atoms. The van der Waals surface area contributed by atoms with Crippen LogP contribution in [0.5, 0.6) is 0 Å². The minimum Gasteiger partial charge on any atom is -0.355 e. The molecule has 2 N–H and O–H groups in total. The molecule has 0 spiro atoms. The largest absolute Gasteiger partial charge is 0.355 e. The second kappa shape index (κ2) is 5.02. The molecule has 0 radical (unpaired) electrons. The average Bonchev–Trinajstić information content (AvgIpc) is 2.71. The summed E-state index contributed by atoms with van der Waals surface area (Å²) in [5.74, 6) is 1.73. The third kappa shape index (κ3) is 2.58. The molecule has 1 aliphatic rings. The Morgan fingerprint density at radius 1 is 1.41 bits per heavy atom. The molecular formula is C13H22N4. The molecule has 1 aromatic rings. The molecule has 4 heteroatoms. The van der Waals surface area contributed by atoms with Crippen LogP contribution < -0.4 is 10.6 Å².